The van der Waals surface area contributed by atoms with Crippen LogP contribution in [0.5, 0.6) is 0 Å². The number of hydrogen-bond donors (Lipinski definition) is 3. The van der Waals surface area contributed by atoms with Crippen LogP contribution in [0.1, 0.15) is 12.0 Å². The van der Waals surface area contributed by atoms with Crippen LogP contribution in [0.2, 0.25) is 0 Å². The van der Waals surface area contributed by atoms with E-state index in [0.717, 1.165) is 5.56 Å². The van der Waals surface area contributed by atoms with Gasteiger partial charge in [0, 0.05) is 0 Å². The van der Waals surface area contributed by atoms with Crippen LogP contribution in [0.3, 0.4) is 0 Å². The largest absolute Gasteiger partial charge is 0.480 e. The van der Waals surface area contributed by atoms with E-state index in [9.17, 15) is 9.90 Å². The van der Waals surface area contributed by atoms with Crippen molar-refractivity contribution in [3.63, 3.8) is 0 Å². The SMILES string of the molecule is Cl.NC(C(=O)O)C(O)CCc1ccccc1. The molecule has 0 fully saturated rings. The molecule has 2 atom stereocenters. The van der Waals surface area contributed by atoms with Crippen molar-refractivity contribution in [2.24, 2.45) is 5.73 Å². The summed E-state index contributed by atoms with van der Waals surface area (Å²) >= 11 is 0. The van der Waals surface area contributed by atoms with Crippen LogP contribution >= 0.6 is 12.4 Å². The Labute approximate surface area is 100 Å². The summed E-state index contributed by atoms with van der Waals surface area (Å²) in [5.41, 5.74) is 6.34. The van der Waals surface area contributed by atoms with Gasteiger partial charge in [-0.1, -0.05) is 30.3 Å². The molecule has 5 heteroatoms. The third-order valence-corrected chi connectivity index (χ3v) is 2.27. The molecule has 0 bridgehead atoms. The molecule has 0 heterocycles. The Morgan fingerprint density at radius 1 is 1.31 bits per heavy atom. The third kappa shape index (κ3) is 4.61. The van der Waals surface area contributed by atoms with Gasteiger partial charge >= 0.3 is 5.97 Å². The number of carboxylic acid groups (broad SMARTS) is 1. The Hall–Kier alpha value is -1.10. The fourth-order valence-corrected chi connectivity index (χ4v) is 1.30. The second-order valence-corrected chi connectivity index (χ2v) is 3.46. The molecule has 4 nitrogen and oxygen atoms in total. The van der Waals surface area contributed by atoms with Crippen molar-refractivity contribution in [2.45, 2.75) is 25.0 Å². The molecule has 0 saturated heterocycles. The van der Waals surface area contributed by atoms with Crippen molar-refractivity contribution in [3.05, 3.63) is 35.9 Å². The summed E-state index contributed by atoms with van der Waals surface area (Å²) in [6.07, 6.45) is -0.0109. The first-order valence-electron chi connectivity index (χ1n) is 4.81. The van der Waals surface area contributed by atoms with Crippen molar-refractivity contribution >= 4 is 18.4 Å². The minimum absolute atomic E-state index is 0. The average Bonchev–Trinajstić information content (AvgIpc) is 2.26. The molecule has 4 N–H and O–H groups in total. The lowest BCUT2D eigenvalue weighted by atomic mass is 10.0. The molecule has 16 heavy (non-hydrogen) atoms. The maximum atomic E-state index is 10.5. The molecule has 0 spiro atoms. The van der Waals surface area contributed by atoms with Crippen LogP contribution in [0, 0.1) is 0 Å². The Kier molecular flexibility index (Phi) is 6.72. The minimum atomic E-state index is -1.20. The number of aliphatic carboxylic acids is 1. The number of halogens is 1. The van der Waals surface area contributed by atoms with Crippen LogP contribution < -0.4 is 5.73 Å². The lowest BCUT2D eigenvalue weighted by Crippen LogP contribution is -2.41. The maximum absolute atomic E-state index is 10.5. The van der Waals surface area contributed by atoms with Crippen molar-refractivity contribution in [1.29, 1.82) is 0 Å². The molecule has 0 aliphatic carbocycles. The first-order chi connectivity index (χ1) is 7.11. The fraction of sp³-hybridized carbons (Fsp3) is 0.364. The van der Waals surface area contributed by atoms with Crippen LogP contribution in [0.4, 0.5) is 0 Å². The molecular weight excluding hydrogens is 230 g/mol. The highest BCUT2D eigenvalue weighted by atomic mass is 35.5. The fourth-order valence-electron chi connectivity index (χ4n) is 1.30. The number of carbonyl (C=O) groups is 1. The van der Waals surface area contributed by atoms with Gasteiger partial charge in [-0.15, -0.1) is 12.4 Å². The quantitative estimate of drug-likeness (QED) is 0.717. The first-order valence-corrected chi connectivity index (χ1v) is 4.81. The van der Waals surface area contributed by atoms with E-state index in [2.05, 4.69) is 0 Å². The summed E-state index contributed by atoms with van der Waals surface area (Å²) < 4.78 is 0. The van der Waals surface area contributed by atoms with Gasteiger partial charge in [0.15, 0.2) is 0 Å². The van der Waals surface area contributed by atoms with E-state index in [4.69, 9.17) is 10.8 Å². The molecule has 0 aromatic heterocycles. The van der Waals surface area contributed by atoms with E-state index >= 15 is 0 Å². The molecule has 1 rings (SSSR count). The lowest BCUT2D eigenvalue weighted by molar-refractivity contribution is -0.141. The van der Waals surface area contributed by atoms with Crippen LogP contribution in [-0.4, -0.2) is 28.3 Å². The summed E-state index contributed by atoms with van der Waals surface area (Å²) in [6, 6.07) is 8.37. The molecule has 1 aromatic carbocycles. The Morgan fingerprint density at radius 2 is 1.88 bits per heavy atom. The number of aliphatic hydroxyl groups excluding tert-OH is 1. The van der Waals surface area contributed by atoms with E-state index in [0.29, 0.717) is 12.8 Å². The van der Waals surface area contributed by atoms with Gasteiger partial charge in [-0.05, 0) is 18.4 Å². The van der Waals surface area contributed by atoms with Crippen molar-refractivity contribution in [3.8, 4) is 0 Å². The van der Waals surface area contributed by atoms with Crippen molar-refractivity contribution in [1.82, 2.24) is 0 Å². The van der Waals surface area contributed by atoms with E-state index in [1.807, 2.05) is 30.3 Å². The summed E-state index contributed by atoms with van der Waals surface area (Å²) in [5.74, 6) is -1.17. The van der Waals surface area contributed by atoms with Crippen molar-refractivity contribution < 1.29 is 15.0 Å². The second-order valence-electron chi connectivity index (χ2n) is 3.46. The summed E-state index contributed by atoms with van der Waals surface area (Å²) in [6.45, 7) is 0. The Morgan fingerprint density at radius 3 is 2.38 bits per heavy atom. The van der Waals surface area contributed by atoms with Gasteiger partial charge in [0.05, 0.1) is 6.10 Å². The topological polar surface area (TPSA) is 83.6 Å². The van der Waals surface area contributed by atoms with Gasteiger partial charge in [-0.2, -0.15) is 0 Å². The smallest absolute Gasteiger partial charge is 0.323 e. The number of aliphatic hydroxyl groups is 1. The number of aryl methyl sites for hydroxylation is 1. The van der Waals surface area contributed by atoms with E-state index in [1.54, 1.807) is 0 Å². The predicted octanol–water partition coefficient (Wildman–Crippen LogP) is 0.814. The zero-order valence-corrected chi connectivity index (χ0v) is 9.56. The summed E-state index contributed by atoms with van der Waals surface area (Å²) in [7, 11) is 0. The predicted molar refractivity (Wildman–Crippen MR) is 63.6 cm³/mol. The highest BCUT2D eigenvalue weighted by Crippen LogP contribution is 2.06. The van der Waals surface area contributed by atoms with E-state index in [-0.39, 0.29) is 12.4 Å². The monoisotopic (exact) mass is 245 g/mol. The molecular formula is C11H16ClNO3. The molecule has 90 valence electrons. The highest BCUT2D eigenvalue weighted by molar-refractivity contribution is 5.85. The van der Waals surface area contributed by atoms with Gasteiger partial charge in [-0.3, -0.25) is 4.79 Å². The average molecular weight is 246 g/mol. The molecule has 1 aromatic rings. The maximum Gasteiger partial charge on any atom is 0.323 e. The molecule has 0 amide bonds. The number of benzene rings is 1. The molecule has 0 aliphatic rings. The zero-order valence-electron chi connectivity index (χ0n) is 8.74. The number of rotatable bonds is 5. The number of nitrogens with two attached hydrogens (primary N) is 1. The Bertz CT molecular complexity index is 318. The van der Waals surface area contributed by atoms with E-state index in [1.165, 1.54) is 0 Å². The Balaban J connectivity index is 0.00000225. The second kappa shape index (κ2) is 7.22. The highest BCUT2D eigenvalue weighted by Gasteiger charge is 2.21. The van der Waals surface area contributed by atoms with Gasteiger partial charge < -0.3 is 15.9 Å². The molecule has 0 aliphatic heterocycles. The first kappa shape index (κ1) is 14.9. The van der Waals surface area contributed by atoms with Crippen LogP contribution in [0.25, 0.3) is 0 Å². The van der Waals surface area contributed by atoms with Gasteiger partial charge in [-0.25, -0.2) is 0 Å². The minimum Gasteiger partial charge on any atom is -0.480 e. The number of hydrogen-bond acceptors (Lipinski definition) is 3. The van der Waals surface area contributed by atoms with Gasteiger partial charge in [0.25, 0.3) is 0 Å². The molecule has 0 radical (unpaired) electrons. The van der Waals surface area contributed by atoms with Crippen LogP contribution in [0.15, 0.2) is 30.3 Å². The summed E-state index contributed by atoms with van der Waals surface area (Å²) in [5, 5.41) is 18.0. The lowest BCUT2D eigenvalue weighted by Gasteiger charge is -2.14. The zero-order chi connectivity index (χ0) is 11.3. The standard InChI is InChI=1S/C11H15NO3.ClH/c12-10(11(14)15)9(13)7-6-8-4-2-1-3-5-8;/h1-5,9-10,13H,6-7,12H2,(H,14,15);1H. The molecule has 2 unspecified atom stereocenters. The third-order valence-electron chi connectivity index (χ3n) is 2.27. The summed E-state index contributed by atoms with van der Waals surface area (Å²) in [4.78, 5) is 10.5. The normalized spacial score (nSPS) is 13.6. The van der Waals surface area contributed by atoms with Crippen molar-refractivity contribution in [2.75, 3.05) is 0 Å². The number of carboxylic acids is 1. The van der Waals surface area contributed by atoms with Gasteiger partial charge in [0.1, 0.15) is 6.04 Å². The van der Waals surface area contributed by atoms with Crippen LogP contribution in [-0.2, 0) is 11.2 Å². The van der Waals surface area contributed by atoms with Gasteiger partial charge in [0.2, 0.25) is 0 Å². The molecule has 0 saturated carbocycles. The van der Waals surface area contributed by atoms with E-state index < -0.39 is 18.1 Å².